The van der Waals surface area contributed by atoms with Crippen molar-refractivity contribution >= 4 is 0 Å². The smallest absolute Gasteiger partial charge is 0.308 e. The quantitative estimate of drug-likeness (QED) is 0.824. The molecule has 2 atom stereocenters. The van der Waals surface area contributed by atoms with Crippen molar-refractivity contribution in [3.05, 3.63) is 35.9 Å². The van der Waals surface area contributed by atoms with Gasteiger partial charge in [0.2, 0.25) is 0 Å². The van der Waals surface area contributed by atoms with E-state index in [-0.39, 0.29) is 18.5 Å². The number of benzene rings is 1. The Morgan fingerprint density at radius 1 is 1.12 bits per heavy atom. The van der Waals surface area contributed by atoms with Crippen molar-refractivity contribution in [2.24, 2.45) is 0 Å². The number of nitrogens with one attached hydrogen (secondary N) is 1. The van der Waals surface area contributed by atoms with Gasteiger partial charge in [0.1, 0.15) is 0 Å². The van der Waals surface area contributed by atoms with Crippen LogP contribution in [0.1, 0.15) is 38.3 Å². The number of rotatable bonds is 5. The van der Waals surface area contributed by atoms with Crippen molar-refractivity contribution in [2.45, 2.75) is 44.9 Å². The van der Waals surface area contributed by atoms with Crippen LogP contribution in [0.4, 0.5) is 13.2 Å². The minimum absolute atomic E-state index is 0.0689. The molecule has 0 amide bonds. The van der Waals surface area contributed by atoms with Crippen LogP contribution in [0.25, 0.3) is 0 Å². The third kappa shape index (κ3) is 5.73. The summed E-state index contributed by atoms with van der Waals surface area (Å²) in [5.41, 5.74) is 1.09. The summed E-state index contributed by atoms with van der Waals surface area (Å²) in [7, 11) is 0. The van der Waals surface area contributed by atoms with Gasteiger partial charge in [-0.1, -0.05) is 30.3 Å². The summed E-state index contributed by atoms with van der Waals surface area (Å²) in [6.45, 7) is 3.74. The second-order valence-electron chi connectivity index (χ2n) is 4.35. The van der Waals surface area contributed by atoms with E-state index in [0.717, 1.165) is 5.56 Å². The molecule has 1 aromatic rings. The van der Waals surface area contributed by atoms with Crippen LogP contribution in [0.15, 0.2) is 30.3 Å². The van der Waals surface area contributed by atoms with Gasteiger partial charge in [0, 0.05) is 18.5 Å². The van der Waals surface area contributed by atoms with E-state index in [1.165, 1.54) is 0 Å². The fourth-order valence-electron chi connectivity index (χ4n) is 1.73. The second kappa shape index (κ2) is 6.05. The van der Waals surface area contributed by atoms with Gasteiger partial charge >= 0.3 is 6.18 Å². The molecular formula is C13H18F3N. The van der Waals surface area contributed by atoms with Crippen LogP contribution >= 0.6 is 0 Å². The van der Waals surface area contributed by atoms with E-state index in [0.29, 0.717) is 0 Å². The minimum atomic E-state index is -4.06. The minimum Gasteiger partial charge on any atom is -0.308 e. The molecule has 0 saturated heterocycles. The zero-order valence-electron chi connectivity index (χ0n) is 10.1. The molecule has 0 aliphatic carbocycles. The van der Waals surface area contributed by atoms with Crippen molar-refractivity contribution < 1.29 is 13.2 Å². The summed E-state index contributed by atoms with van der Waals surface area (Å²) in [4.78, 5) is 0. The molecule has 0 fully saturated rings. The third-order valence-corrected chi connectivity index (χ3v) is 2.69. The molecule has 0 radical (unpaired) electrons. The van der Waals surface area contributed by atoms with Crippen molar-refractivity contribution in [3.8, 4) is 0 Å². The van der Waals surface area contributed by atoms with E-state index in [9.17, 15) is 13.2 Å². The molecule has 1 N–H and O–H groups in total. The monoisotopic (exact) mass is 245 g/mol. The summed E-state index contributed by atoms with van der Waals surface area (Å²) in [6, 6.07) is 9.62. The first-order chi connectivity index (χ1) is 7.88. The molecular weight excluding hydrogens is 227 g/mol. The van der Waals surface area contributed by atoms with Crippen molar-refractivity contribution in [1.29, 1.82) is 0 Å². The summed E-state index contributed by atoms with van der Waals surface area (Å²) in [5.74, 6) is 0. The molecule has 0 aliphatic rings. The first-order valence-corrected chi connectivity index (χ1v) is 5.76. The lowest BCUT2D eigenvalue weighted by atomic mass is 10.1. The van der Waals surface area contributed by atoms with E-state index in [2.05, 4.69) is 5.32 Å². The maximum Gasteiger partial charge on any atom is 0.389 e. The topological polar surface area (TPSA) is 12.0 Å². The van der Waals surface area contributed by atoms with E-state index < -0.39 is 12.6 Å². The average molecular weight is 245 g/mol. The first kappa shape index (κ1) is 14.0. The van der Waals surface area contributed by atoms with E-state index in [1.807, 2.05) is 37.3 Å². The van der Waals surface area contributed by atoms with Gasteiger partial charge in [-0.25, -0.2) is 0 Å². The van der Waals surface area contributed by atoms with E-state index >= 15 is 0 Å². The van der Waals surface area contributed by atoms with Gasteiger partial charge in [0.15, 0.2) is 0 Å². The molecule has 17 heavy (non-hydrogen) atoms. The fourth-order valence-corrected chi connectivity index (χ4v) is 1.73. The Balaban J connectivity index is 2.39. The number of hydrogen-bond donors (Lipinski definition) is 1. The lowest BCUT2D eigenvalue weighted by molar-refractivity contribution is -0.136. The Morgan fingerprint density at radius 3 is 2.24 bits per heavy atom. The first-order valence-electron chi connectivity index (χ1n) is 5.76. The molecule has 1 rings (SSSR count). The Hall–Kier alpha value is -1.03. The summed E-state index contributed by atoms with van der Waals surface area (Å²) < 4.78 is 36.1. The number of hydrogen-bond acceptors (Lipinski definition) is 1. The summed E-state index contributed by atoms with van der Waals surface area (Å²) in [5, 5.41) is 3.17. The molecule has 2 unspecified atom stereocenters. The average Bonchev–Trinajstić information content (AvgIpc) is 2.27. The predicted octanol–water partition coefficient (Wildman–Crippen LogP) is 4.07. The van der Waals surface area contributed by atoms with Gasteiger partial charge in [-0.3, -0.25) is 0 Å². The Morgan fingerprint density at radius 2 is 1.71 bits per heavy atom. The molecule has 0 spiro atoms. The molecule has 0 heterocycles. The Bertz CT molecular complexity index is 321. The van der Waals surface area contributed by atoms with E-state index in [4.69, 9.17) is 0 Å². The molecule has 1 aromatic carbocycles. The van der Waals surface area contributed by atoms with Crippen LogP contribution in [-0.2, 0) is 0 Å². The molecule has 1 nitrogen and oxygen atoms in total. The Labute approximate surface area is 100 Å². The normalized spacial score (nSPS) is 15.6. The fraction of sp³-hybridized carbons (Fsp3) is 0.538. The third-order valence-electron chi connectivity index (χ3n) is 2.69. The van der Waals surface area contributed by atoms with Gasteiger partial charge in [-0.15, -0.1) is 0 Å². The van der Waals surface area contributed by atoms with Crippen LogP contribution in [0.5, 0.6) is 0 Å². The zero-order chi connectivity index (χ0) is 12.9. The maximum absolute atomic E-state index is 12.0. The second-order valence-corrected chi connectivity index (χ2v) is 4.35. The van der Waals surface area contributed by atoms with Crippen LogP contribution in [0, 0.1) is 0 Å². The number of halogens is 3. The molecule has 96 valence electrons. The van der Waals surface area contributed by atoms with Crippen LogP contribution in [0.2, 0.25) is 0 Å². The molecule has 4 heteroatoms. The standard InChI is InChI=1S/C13H18F3N/c1-10(8-9-13(14,15)16)17-11(2)12-6-4-3-5-7-12/h3-7,10-11,17H,8-9H2,1-2H3. The van der Waals surface area contributed by atoms with Crippen molar-refractivity contribution in [3.63, 3.8) is 0 Å². The Kier molecular flexibility index (Phi) is 5.00. The lowest BCUT2D eigenvalue weighted by Gasteiger charge is -2.20. The SMILES string of the molecule is CC(CCC(F)(F)F)NC(C)c1ccccc1. The summed E-state index contributed by atoms with van der Waals surface area (Å²) in [6.07, 6.45) is -4.69. The lowest BCUT2D eigenvalue weighted by Crippen LogP contribution is -2.30. The predicted molar refractivity (Wildman–Crippen MR) is 62.7 cm³/mol. The molecule has 0 aliphatic heterocycles. The van der Waals surface area contributed by atoms with E-state index in [1.54, 1.807) is 6.92 Å². The van der Waals surface area contributed by atoms with Crippen molar-refractivity contribution in [2.75, 3.05) is 0 Å². The molecule has 0 aromatic heterocycles. The van der Waals surface area contributed by atoms with Crippen LogP contribution in [-0.4, -0.2) is 12.2 Å². The van der Waals surface area contributed by atoms with Gasteiger partial charge in [-0.2, -0.15) is 13.2 Å². The van der Waals surface area contributed by atoms with Crippen LogP contribution < -0.4 is 5.32 Å². The van der Waals surface area contributed by atoms with Gasteiger partial charge in [0.25, 0.3) is 0 Å². The largest absolute Gasteiger partial charge is 0.389 e. The van der Waals surface area contributed by atoms with Crippen molar-refractivity contribution in [1.82, 2.24) is 5.32 Å². The molecule has 0 bridgehead atoms. The molecule has 0 saturated carbocycles. The van der Waals surface area contributed by atoms with Crippen LogP contribution in [0.3, 0.4) is 0 Å². The highest BCUT2D eigenvalue weighted by atomic mass is 19.4. The summed E-state index contributed by atoms with van der Waals surface area (Å²) >= 11 is 0. The highest BCUT2D eigenvalue weighted by molar-refractivity contribution is 5.18. The number of alkyl halides is 3. The maximum atomic E-state index is 12.0. The highest BCUT2D eigenvalue weighted by Crippen LogP contribution is 2.23. The van der Waals surface area contributed by atoms with Gasteiger partial charge < -0.3 is 5.32 Å². The van der Waals surface area contributed by atoms with Gasteiger partial charge in [-0.05, 0) is 25.8 Å². The van der Waals surface area contributed by atoms with Gasteiger partial charge in [0.05, 0.1) is 0 Å². The zero-order valence-corrected chi connectivity index (χ0v) is 10.1. The highest BCUT2D eigenvalue weighted by Gasteiger charge is 2.27.